The average molecular weight is 312 g/mol. The lowest BCUT2D eigenvalue weighted by atomic mass is 10.2. The molecular weight excluding hydrogens is 294 g/mol. The molecule has 1 aliphatic heterocycles. The van der Waals surface area contributed by atoms with E-state index in [4.69, 9.17) is 5.73 Å². The fraction of sp³-hybridized carbons (Fsp3) is 0.500. The number of hydrogen-bond acceptors (Lipinski definition) is 4. The normalized spacial score (nSPS) is 21.8. The summed E-state index contributed by atoms with van der Waals surface area (Å²) in [5.41, 5.74) is 5.26. The topological polar surface area (TPSA) is 79.5 Å². The summed E-state index contributed by atoms with van der Waals surface area (Å²) in [5.74, 6) is -1.45. The Kier molecular flexibility index (Phi) is 5.02. The minimum Gasteiger partial charge on any atom is -0.369 e. The molecule has 0 bridgehead atoms. The zero-order valence-electron chi connectivity index (χ0n) is 12.2. The predicted octanol–water partition coefficient (Wildman–Crippen LogP) is 0.190. The number of primary amides is 1. The second-order valence-corrected chi connectivity index (χ2v) is 5.43. The van der Waals surface area contributed by atoms with Crippen molar-refractivity contribution in [3.8, 4) is 0 Å². The Bertz CT molecular complexity index is 552. The molecule has 2 atom stereocenters. The van der Waals surface area contributed by atoms with Crippen LogP contribution in [0.15, 0.2) is 18.3 Å². The summed E-state index contributed by atoms with van der Waals surface area (Å²) in [6.07, 6.45) is 0.159. The van der Waals surface area contributed by atoms with Gasteiger partial charge < -0.3 is 10.6 Å². The van der Waals surface area contributed by atoms with Crippen LogP contribution < -0.4 is 5.73 Å². The van der Waals surface area contributed by atoms with Crippen LogP contribution in [0.4, 0.5) is 8.78 Å². The molecular formula is C14H18F2N4O2. The third kappa shape index (κ3) is 3.97. The van der Waals surface area contributed by atoms with Crippen molar-refractivity contribution in [2.45, 2.75) is 18.6 Å². The highest BCUT2D eigenvalue weighted by Crippen LogP contribution is 2.21. The SMILES string of the molecule is CN(C[C@@H]1C[C@H](F)CN1CC(N)=O)C(=O)c1ccc(F)cn1. The van der Waals surface area contributed by atoms with Gasteiger partial charge in [-0.25, -0.2) is 13.8 Å². The number of alkyl halides is 1. The van der Waals surface area contributed by atoms with Crippen molar-refractivity contribution in [1.82, 2.24) is 14.8 Å². The number of likely N-dealkylation sites (N-methyl/N-ethyl adjacent to an activating group) is 1. The number of hydrogen-bond donors (Lipinski definition) is 1. The Morgan fingerprint density at radius 2 is 2.23 bits per heavy atom. The Morgan fingerprint density at radius 1 is 1.50 bits per heavy atom. The van der Waals surface area contributed by atoms with Crippen LogP contribution >= 0.6 is 0 Å². The van der Waals surface area contributed by atoms with Gasteiger partial charge in [0.1, 0.15) is 17.7 Å². The molecule has 1 fully saturated rings. The van der Waals surface area contributed by atoms with E-state index < -0.39 is 17.9 Å². The zero-order chi connectivity index (χ0) is 16.3. The molecule has 0 radical (unpaired) electrons. The van der Waals surface area contributed by atoms with Gasteiger partial charge in [0.05, 0.1) is 12.7 Å². The molecule has 1 saturated heterocycles. The number of carbonyl (C=O) groups excluding carboxylic acids is 2. The Hall–Kier alpha value is -2.09. The van der Waals surface area contributed by atoms with Gasteiger partial charge in [0, 0.05) is 26.2 Å². The zero-order valence-corrected chi connectivity index (χ0v) is 12.2. The van der Waals surface area contributed by atoms with Crippen LogP contribution in [0.1, 0.15) is 16.9 Å². The van der Waals surface area contributed by atoms with Gasteiger partial charge in [-0.3, -0.25) is 14.5 Å². The van der Waals surface area contributed by atoms with E-state index in [9.17, 15) is 18.4 Å². The molecule has 120 valence electrons. The highest BCUT2D eigenvalue weighted by atomic mass is 19.1. The molecule has 0 saturated carbocycles. The molecule has 0 spiro atoms. The molecule has 0 aromatic carbocycles. The average Bonchev–Trinajstić information content (AvgIpc) is 2.77. The van der Waals surface area contributed by atoms with Gasteiger partial charge in [-0.2, -0.15) is 0 Å². The van der Waals surface area contributed by atoms with E-state index in [1.54, 1.807) is 11.9 Å². The van der Waals surface area contributed by atoms with Crippen molar-refractivity contribution >= 4 is 11.8 Å². The molecule has 8 heteroatoms. The van der Waals surface area contributed by atoms with Gasteiger partial charge in [-0.15, -0.1) is 0 Å². The molecule has 1 aromatic heterocycles. The van der Waals surface area contributed by atoms with Crippen molar-refractivity contribution in [1.29, 1.82) is 0 Å². The standard InChI is InChI=1S/C14H18F2N4O2/c1-19(14(22)12-3-2-9(15)5-18-12)7-11-4-10(16)6-20(11)8-13(17)21/h2-3,5,10-11H,4,6-8H2,1H3,(H2,17,21)/t10-,11-/m0/s1. The Morgan fingerprint density at radius 3 is 2.82 bits per heavy atom. The van der Waals surface area contributed by atoms with Crippen molar-refractivity contribution in [3.05, 3.63) is 29.8 Å². The lowest BCUT2D eigenvalue weighted by molar-refractivity contribution is -0.119. The maximum absolute atomic E-state index is 13.5. The number of aromatic nitrogens is 1. The smallest absolute Gasteiger partial charge is 0.272 e. The number of pyridine rings is 1. The Labute approximate surface area is 126 Å². The first-order valence-electron chi connectivity index (χ1n) is 6.90. The van der Waals surface area contributed by atoms with Gasteiger partial charge in [0.25, 0.3) is 5.91 Å². The van der Waals surface area contributed by atoms with Crippen molar-refractivity contribution in [3.63, 3.8) is 0 Å². The predicted molar refractivity (Wildman–Crippen MR) is 75.2 cm³/mol. The van der Waals surface area contributed by atoms with Crippen LogP contribution in [0, 0.1) is 5.82 Å². The van der Waals surface area contributed by atoms with E-state index in [0.29, 0.717) is 0 Å². The molecule has 6 nitrogen and oxygen atoms in total. The molecule has 2 amide bonds. The van der Waals surface area contributed by atoms with E-state index in [2.05, 4.69) is 4.98 Å². The lowest BCUT2D eigenvalue weighted by Gasteiger charge is -2.27. The summed E-state index contributed by atoms with van der Waals surface area (Å²) >= 11 is 0. The maximum Gasteiger partial charge on any atom is 0.272 e. The second kappa shape index (κ2) is 6.78. The fourth-order valence-electron chi connectivity index (χ4n) is 2.60. The van der Waals surface area contributed by atoms with E-state index in [-0.39, 0.29) is 43.7 Å². The largest absolute Gasteiger partial charge is 0.369 e. The lowest BCUT2D eigenvalue weighted by Crippen LogP contribution is -2.44. The highest BCUT2D eigenvalue weighted by molar-refractivity contribution is 5.92. The second-order valence-electron chi connectivity index (χ2n) is 5.43. The Balaban J connectivity index is 2.00. The molecule has 0 unspecified atom stereocenters. The number of halogens is 2. The van der Waals surface area contributed by atoms with E-state index in [0.717, 1.165) is 12.3 Å². The van der Waals surface area contributed by atoms with Gasteiger partial charge in [-0.05, 0) is 18.6 Å². The molecule has 1 aromatic rings. The number of rotatable bonds is 5. The molecule has 2 rings (SSSR count). The van der Waals surface area contributed by atoms with Gasteiger partial charge in [0.15, 0.2) is 0 Å². The third-order valence-corrected chi connectivity index (χ3v) is 3.61. The minimum atomic E-state index is -1.04. The van der Waals surface area contributed by atoms with Crippen LogP contribution in [0.3, 0.4) is 0 Å². The van der Waals surface area contributed by atoms with Gasteiger partial charge in [-0.1, -0.05) is 0 Å². The number of nitrogens with two attached hydrogens (primary N) is 1. The first-order valence-corrected chi connectivity index (χ1v) is 6.90. The highest BCUT2D eigenvalue weighted by Gasteiger charge is 2.34. The summed E-state index contributed by atoms with van der Waals surface area (Å²) in [4.78, 5) is 30.0. The van der Waals surface area contributed by atoms with Crippen molar-refractivity contribution in [2.75, 3.05) is 26.7 Å². The summed E-state index contributed by atoms with van der Waals surface area (Å²) in [7, 11) is 1.56. The summed E-state index contributed by atoms with van der Waals surface area (Å²) in [5, 5.41) is 0. The quantitative estimate of drug-likeness (QED) is 0.842. The van der Waals surface area contributed by atoms with Gasteiger partial charge >= 0.3 is 0 Å². The summed E-state index contributed by atoms with van der Waals surface area (Å²) in [6.45, 7) is 0.331. The number of carbonyl (C=O) groups is 2. The van der Waals surface area contributed by atoms with Crippen molar-refractivity contribution < 1.29 is 18.4 Å². The molecule has 22 heavy (non-hydrogen) atoms. The molecule has 1 aliphatic rings. The van der Waals surface area contributed by atoms with Crippen LogP contribution in [-0.4, -0.2) is 65.5 Å². The minimum absolute atomic E-state index is 0.0398. The van der Waals surface area contributed by atoms with Gasteiger partial charge in [0.2, 0.25) is 5.91 Å². The maximum atomic E-state index is 13.5. The first kappa shape index (κ1) is 16.3. The number of nitrogens with zero attached hydrogens (tertiary/aromatic N) is 3. The monoisotopic (exact) mass is 312 g/mol. The summed E-state index contributed by atoms with van der Waals surface area (Å²) in [6, 6.07) is 2.17. The van der Waals surface area contributed by atoms with E-state index in [1.807, 2.05) is 0 Å². The fourth-order valence-corrected chi connectivity index (χ4v) is 2.60. The van der Waals surface area contributed by atoms with E-state index in [1.165, 1.54) is 11.0 Å². The van der Waals surface area contributed by atoms with Crippen LogP contribution in [-0.2, 0) is 4.79 Å². The van der Waals surface area contributed by atoms with E-state index >= 15 is 0 Å². The van der Waals surface area contributed by atoms with Crippen LogP contribution in [0.5, 0.6) is 0 Å². The number of likely N-dealkylation sites (tertiary alicyclic amines) is 1. The molecule has 2 N–H and O–H groups in total. The third-order valence-electron chi connectivity index (χ3n) is 3.61. The molecule has 0 aliphatic carbocycles. The number of amides is 2. The summed E-state index contributed by atoms with van der Waals surface area (Å²) < 4.78 is 26.4. The van der Waals surface area contributed by atoms with Crippen molar-refractivity contribution in [2.24, 2.45) is 5.73 Å². The molecule has 2 heterocycles. The van der Waals surface area contributed by atoms with Crippen LogP contribution in [0.25, 0.3) is 0 Å². The van der Waals surface area contributed by atoms with Crippen LogP contribution in [0.2, 0.25) is 0 Å². The first-order chi connectivity index (χ1) is 10.4.